The molecular formula is C22H32IN5O2. The second-order valence-electron chi connectivity index (χ2n) is 7.14. The number of hydrogen-bond acceptors (Lipinski definition) is 4. The lowest BCUT2D eigenvalue weighted by Gasteiger charge is -2.36. The Morgan fingerprint density at radius 3 is 2.53 bits per heavy atom. The van der Waals surface area contributed by atoms with E-state index < -0.39 is 0 Å². The fourth-order valence-electron chi connectivity index (χ4n) is 3.62. The first kappa shape index (κ1) is 24.4. The van der Waals surface area contributed by atoms with Crippen LogP contribution < -0.4 is 10.6 Å². The van der Waals surface area contributed by atoms with Gasteiger partial charge in [0.15, 0.2) is 5.96 Å². The molecule has 2 N–H and O–H groups in total. The van der Waals surface area contributed by atoms with Crippen LogP contribution in [0.3, 0.4) is 0 Å². The number of ether oxygens (including phenoxy) is 1. The van der Waals surface area contributed by atoms with Crippen LogP contribution in [0.25, 0.3) is 10.8 Å². The number of hydrogen-bond donors (Lipinski definition) is 2. The van der Waals surface area contributed by atoms with Crippen LogP contribution in [-0.4, -0.2) is 81.7 Å². The van der Waals surface area contributed by atoms with Gasteiger partial charge in [-0.25, -0.2) is 0 Å². The lowest BCUT2D eigenvalue weighted by molar-refractivity contribution is -0.122. The molecule has 1 fully saturated rings. The molecule has 1 aliphatic rings. The molecule has 0 aliphatic carbocycles. The van der Waals surface area contributed by atoms with Crippen LogP contribution in [0.2, 0.25) is 0 Å². The summed E-state index contributed by atoms with van der Waals surface area (Å²) in [6.07, 6.45) is 0. The number of rotatable bonds is 7. The number of guanidine groups is 1. The summed E-state index contributed by atoms with van der Waals surface area (Å²) in [5.41, 5.74) is 1.26. The van der Waals surface area contributed by atoms with Crippen LogP contribution >= 0.6 is 24.0 Å². The smallest absolute Gasteiger partial charge is 0.234 e. The van der Waals surface area contributed by atoms with E-state index in [1.165, 1.54) is 16.3 Å². The highest BCUT2D eigenvalue weighted by Gasteiger charge is 2.21. The number of nitrogens with zero attached hydrogens (tertiary/aromatic N) is 3. The maximum absolute atomic E-state index is 12.0. The molecular weight excluding hydrogens is 493 g/mol. The summed E-state index contributed by atoms with van der Waals surface area (Å²) in [5.74, 6) is 0.955. The summed E-state index contributed by atoms with van der Waals surface area (Å²) in [7, 11) is 3.45. The molecule has 1 saturated heterocycles. The van der Waals surface area contributed by atoms with Crippen molar-refractivity contribution in [3.8, 4) is 0 Å². The van der Waals surface area contributed by atoms with Crippen molar-refractivity contribution in [2.75, 3.05) is 60.0 Å². The van der Waals surface area contributed by atoms with Crippen LogP contribution in [0.1, 0.15) is 5.56 Å². The molecule has 7 nitrogen and oxygen atoms in total. The van der Waals surface area contributed by atoms with Gasteiger partial charge in [-0.15, -0.1) is 24.0 Å². The van der Waals surface area contributed by atoms with Gasteiger partial charge in [-0.2, -0.15) is 0 Å². The maximum atomic E-state index is 12.0. The standard InChI is InChI=1S/C22H31N5O2.HI/c1-23-22(25-16-19-8-5-7-18-6-3-4-9-20(18)19)27-13-11-26(12-14-27)17-21(28)24-10-15-29-2;/h3-9H,10-17H2,1-2H3,(H,23,25)(H,24,28);1H. The number of halogens is 1. The van der Waals surface area contributed by atoms with E-state index in [0.717, 1.165) is 38.7 Å². The molecule has 0 bridgehead atoms. The quantitative estimate of drug-likeness (QED) is 0.250. The topological polar surface area (TPSA) is 69.2 Å². The molecule has 2 aromatic rings. The zero-order valence-corrected chi connectivity index (χ0v) is 20.1. The van der Waals surface area contributed by atoms with Gasteiger partial charge in [0, 0.05) is 53.4 Å². The fraction of sp³-hybridized carbons (Fsp3) is 0.455. The number of methoxy groups -OCH3 is 1. The zero-order valence-electron chi connectivity index (χ0n) is 17.8. The molecule has 164 valence electrons. The molecule has 0 aromatic heterocycles. The number of aliphatic imine (C=N–C) groups is 1. The minimum Gasteiger partial charge on any atom is -0.383 e. The van der Waals surface area contributed by atoms with Crippen molar-refractivity contribution in [2.45, 2.75) is 6.54 Å². The summed E-state index contributed by atoms with van der Waals surface area (Å²) < 4.78 is 4.96. The summed E-state index contributed by atoms with van der Waals surface area (Å²) in [6, 6.07) is 14.8. The van der Waals surface area contributed by atoms with Crippen molar-refractivity contribution in [3.63, 3.8) is 0 Å². The van der Waals surface area contributed by atoms with E-state index in [-0.39, 0.29) is 29.9 Å². The second kappa shape index (κ2) is 12.7. The maximum Gasteiger partial charge on any atom is 0.234 e. The van der Waals surface area contributed by atoms with Crippen LogP contribution in [0.15, 0.2) is 47.5 Å². The number of piperazine rings is 1. The molecule has 1 amide bonds. The van der Waals surface area contributed by atoms with Crippen molar-refractivity contribution in [2.24, 2.45) is 4.99 Å². The number of nitrogens with one attached hydrogen (secondary N) is 2. The van der Waals surface area contributed by atoms with E-state index in [1.54, 1.807) is 7.11 Å². The first-order chi connectivity index (χ1) is 14.2. The molecule has 2 aromatic carbocycles. The molecule has 1 heterocycles. The van der Waals surface area contributed by atoms with Gasteiger partial charge in [0.25, 0.3) is 0 Å². The number of benzene rings is 2. The van der Waals surface area contributed by atoms with Gasteiger partial charge in [0.05, 0.1) is 13.2 Å². The van der Waals surface area contributed by atoms with Gasteiger partial charge >= 0.3 is 0 Å². The summed E-state index contributed by atoms with van der Waals surface area (Å²) in [5, 5.41) is 8.89. The van der Waals surface area contributed by atoms with Gasteiger partial charge in [-0.1, -0.05) is 42.5 Å². The van der Waals surface area contributed by atoms with Crippen molar-refractivity contribution in [3.05, 3.63) is 48.0 Å². The Kier molecular flexibility index (Phi) is 10.3. The Morgan fingerprint density at radius 2 is 1.80 bits per heavy atom. The molecule has 0 spiro atoms. The van der Waals surface area contributed by atoms with Crippen molar-refractivity contribution >= 4 is 46.6 Å². The highest BCUT2D eigenvalue weighted by atomic mass is 127. The van der Waals surface area contributed by atoms with E-state index in [9.17, 15) is 4.79 Å². The van der Waals surface area contributed by atoms with E-state index in [4.69, 9.17) is 4.74 Å². The SMILES string of the molecule is CN=C(NCc1cccc2ccccc12)N1CCN(CC(=O)NCCOC)CC1.I. The van der Waals surface area contributed by atoms with Crippen LogP contribution in [0, 0.1) is 0 Å². The minimum absolute atomic E-state index is 0. The Morgan fingerprint density at radius 1 is 1.07 bits per heavy atom. The molecule has 0 unspecified atom stereocenters. The van der Waals surface area contributed by atoms with Gasteiger partial charge in [0.2, 0.25) is 5.91 Å². The molecule has 0 saturated carbocycles. The average molecular weight is 525 g/mol. The summed E-state index contributed by atoms with van der Waals surface area (Å²) in [6.45, 7) is 5.63. The summed E-state index contributed by atoms with van der Waals surface area (Å²) >= 11 is 0. The predicted molar refractivity (Wildman–Crippen MR) is 132 cm³/mol. The highest BCUT2D eigenvalue weighted by molar-refractivity contribution is 14.0. The van der Waals surface area contributed by atoms with Crippen molar-refractivity contribution in [1.29, 1.82) is 0 Å². The second-order valence-corrected chi connectivity index (χ2v) is 7.14. The van der Waals surface area contributed by atoms with E-state index in [0.29, 0.717) is 19.7 Å². The lowest BCUT2D eigenvalue weighted by atomic mass is 10.0. The van der Waals surface area contributed by atoms with Crippen molar-refractivity contribution in [1.82, 2.24) is 20.4 Å². The minimum atomic E-state index is 0. The number of carbonyl (C=O) groups is 1. The van der Waals surface area contributed by atoms with Gasteiger partial charge < -0.3 is 20.3 Å². The Hall–Kier alpha value is -1.91. The third kappa shape index (κ3) is 6.82. The third-order valence-electron chi connectivity index (χ3n) is 5.20. The molecule has 0 radical (unpaired) electrons. The van der Waals surface area contributed by atoms with E-state index in [2.05, 4.69) is 67.9 Å². The monoisotopic (exact) mass is 525 g/mol. The molecule has 0 atom stereocenters. The fourth-order valence-corrected chi connectivity index (χ4v) is 3.62. The number of fused-ring (bicyclic) bond motifs is 1. The van der Waals surface area contributed by atoms with Gasteiger partial charge in [-0.05, 0) is 16.3 Å². The van der Waals surface area contributed by atoms with E-state index >= 15 is 0 Å². The predicted octanol–water partition coefficient (Wildman–Crippen LogP) is 1.91. The number of carbonyl (C=O) groups excluding carboxylic acids is 1. The Bertz CT molecular complexity index is 832. The van der Waals surface area contributed by atoms with Crippen LogP contribution in [-0.2, 0) is 16.1 Å². The van der Waals surface area contributed by atoms with Gasteiger partial charge in [0.1, 0.15) is 0 Å². The summed E-state index contributed by atoms with van der Waals surface area (Å²) in [4.78, 5) is 20.9. The molecule has 8 heteroatoms. The molecule has 3 rings (SSSR count). The van der Waals surface area contributed by atoms with E-state index in [1.807, 2.05) is 7.05 Å². The van der Waals surface area contributed by atoms with Crippen LogP contribution in [0.5, 0.6) is 0 Å². The number of amides is 1. The first-order valence-electron chi connectivity index (χ1n) is 10.1. The normalized spacial score (nSPS) is 15.0. The largest absolute Gasteiger partial charge is 0.383 e. The van der Waals surface area contributed by atoms with Crippen molar-refractivity contribution < 1.29 is 9.53 Å². The Labute approximate surface area is 195 Å². The van der Waals surface area contributed by atoms with Gasteiger partial charge in [-0.3, -0.25) is 14.7 Å². The van der Waals surface area contributed by atoms with Crippen LogP contribution in [0.4, 0.5) is 0 Å². The Balaban J connectivity index is 0.00000320. The average Bonchev–Trinajstić information content (AvgIpc) is 2.75. The first-order valence-corrected chi connectivity index (χ1v) is 10.1. The highest BCUT2D eigenvalue weighted by Crippen LogP contribution is 2.18. The third-order valence-corrected chi connectivity index (χ3v) is 5.20. The zero-order chi connectivity index (χ0) is 20.5. The molecule has 1 aliphatic heterocycles. The molecule has 30 heavy (non-hydrogen) atoms. The lowest BCUT2D eigenvalue weighted by Crippen LogP contribution is -2.54.